The Hall–Kier alpha value is -3.75. The van der Waals surface area contributed by atoms with Crippen molar-refractivity contribution in [2.24, 2.45) is 0 Å². The molecular weight excluding hydrogens is 332 g/mol. The van der Waals surface area contributed by atoms with Crippen LogP contribution in [0, 0.1) is 20.2 Å². The molecular formula is C16H12N2O7. The van der Waals surface area contributed by atoms with Crippen molar-refractivity contribution in [3.8, 4) is 11.5 Å². The molecule has 0 spiro atoms. The molecule has 0 aliphatic rings. The van der Waals surface area contributed by atoms with Gasteiger partial charge in [0.25, 0.3) is 5.69 Å². The molecule has 0 aliphatic carbocycles. The minimum absolute atomic E-state index is 0.0754. The number of nitro groups is 2. The predicted molar refractivity (Wildman–Crippen MR) is 87.4 cm³/mol. The van der Waals surface area contributed by atoms with Crippen molar-refractivity contribution in [2.75, 3.05) is 7.11 Å². The first-order chi connectivity index (χ1) is 11.9. The van der Waals surface area contributed by atoms with E-state index in [0.717, 1.165) is 12.1 Å². The van der Waals surface area contributed by atoms with E-state index in [1.54, 1.807) is 0 Å². The van der Waals surface area contributed by atoms with Gasteiger partial charge in [0.2, 0.25) is 5.75 Å². The normalized spacial score (nSPS) is 10.4. The van der Waals surface area contributed by atoms with Crippen molar-refractivity contribution in [3.05, 3.63) is 74.3 Å². The number of carbonyl (C=O) groups is 1. The highest BCUT2D eigenvalue weighted by Crippen LogP contribution is 2.31. The smallest absolute Gasteiger partial charge is 0.336 e. The van der Waals surface area contributed by atoms with Gasteiger partial charge in [-0.15, -0.1) is 0 Å². The molecule has 2 aromatic rings. The molecule has 0 radical (unpaired) electrons. The van der Waals surface area contributed by atoms with Crippen molar-refractivity contribution in [2.45, 2.75) is 0 Å². The van der Waals surface area contributed by atoms with Crippen LogP contribution in [0.4, 0.5) is 11.4 Å². The molecule has 2 rings (SSSR count). The summed E-state index contributed by atoms with van der Waals surface area (Å²) in [5, 5.41) is 21.6. The molecule has 0 heterocycles. The second-order valence-corrected chi connectivity index (χ2v) is 4.69. The van der Waals surface area contributed by atoms with Crippen LogP contribution in [0.3, 0.4) is 0 Å². The number of methoxy groups -OCH3 is 1. The van der Waals surface area contributed by atoms with Crippen molar-refractivity contribution in [3.63, 3.8) is 0 Å². The van der Waals surface area contributed by atoms with Crippen LogP contribution < -0.4 is 9.47 Å². The number of ether oxygens (including phenoxy) is 2. The lowest BCUT2D eigenvalue weighted by Gasteiger charge is -2.04. The summed E-state index contributed by atoms with van der Waals surface area (Å²) in [5.74, 6) is -0.788. The summed E-state index contributed by atoms with van der Waals surface area (Å²) in [4.78, 5) is 32.2. The molecule has 0 amide bonds. The minimum atomic E-state index is -0.827. The third kappa shape index (κ3) is 4.61. The lowest BCUT2D eigenvalue weighted by atomic mass is 10.2. The van der Waals surface area contributed by atoms with Crippen LogP contribution in [0.2, 0.25) is 0 Å². The third-order valence-electron chi connectivity index (χ3n) is 3.09. The second kappa shape index (κ2) is 7.68. The molecule has 9 heteroatoms. The number of non-ortho nitro benzene ring substituents is 1. The summed E-state index contributed by atoms with van der Waals surface area (Å²) in [6, 6.07) is 9.32. The minimum Gasteiger partial charge on any atom is -0.496 e. The Balaban J connectivity index is 2.12. The van der Waals surface area contributed by atoms with Crippen LogP contribution in [-0.4, -0.2) is 22.9 Å². The Morgan fingerprint density at radius 1 is 1.04 bits per heavy atom. The van der Waals surface area contributed by atoms with E-state index < -0.39 is 21.5 Å². The van der Waals surface area contributed by atoms with E-state index in [2.05, 4.69) is 0 Å². The number of carbonyl (C=O) groups excluding carboxylic acids is 1. The van der Waals surface area contributed by atoms with Crippen LogP contribution in [0.1, 0.15) is 5.56 Å². The Kier molecular flexibility index (Phi) is 5.41. The molecule has 0 saturated heterocycles. The number of hydrogen-bond acceptors (Lipinski definition) is 7. The van der Waals surface area contributed by atoms with Crippen LogP contribution in [0.5, 0.6) is 11.5 Å². The summed E-state index contributed by atoms with van der Waals surface area (Å²) in [6.07, 6.45) is 2.44. The van der Waals surface area contributed by atoms with Crippen LogP contribution in [-0.2, 0) is 4.79 Å². The quantitative estimate of drug-likeness (QED) is 0.259. The summed E-state index contributed by atoms with van der Waals surface area (Å²) in [7, 11) is 1.36. The summed E-state index contributed by atoms with van der Waals surface area (Å²) < 4.78 is 9.85. The fraction of sp³-hybridized carbons (Fsp3) is 0.0625. The SMILES string of the molecule is COc1ccc(OC(=O)C=Cc2ccc([N+](=O)[O-])cc2)c([N+](=O)[O-])c1. The van der Waals surface area contributed by atoms with Gasteiger partial charge in [0.1, 0.15) is 5.75 Å². The largest absolute Gasteiger partial charge is 0.496 e. The number of nitrogens with zero attached hydrogens (tertiary/aromatic N) is 2. The zero-order valence-electron chi connectivity index (χ0n) is 12.9. The Morgan fingerprint density at radius 3 is 2.28 bits per heavy atom. The molecule has 0 aliphatic heterocycles. The maximum Gasteiger partial charge on any atom is 0.336 e. The van der Waals surface area contributed by atoms with E-state index in [1.165, 1.54) is 49.6 Å². The van der Waals surface area contributed by atoms with Crippen molar-refractivity contribution in [1.82, 2.24) is 0 Å². The average Bonchev–Trinajstić information content (AvgIpc) is 2.60. The summed E-state index contributed by atoms with van der Waals surface area (Å²) in [5.41, 5.74) is 0.0526. The maximum atomic E-state index is 11.8. The lowest BCUT2D eigenvalue weighted by Crippen LogP contribution is -2.06. The number of hydrogen-bond donors (Lipinski definition) is 0. The molecule has 0 N–H and O–H groups in total. The molecule has 0 atom stereocenters. The number of rotatable bonds is 6. The first-order valence-electron chi connectivity index (χ1n) is 6.87. The molecule has 0 aromatic heterocycles. The van der Waals surface area contributed by atoms with E-state index in [1.807, 2.05) is 0 Å². The maximum absolute atomic E-state index is 11.8. The van der Waals surface area contributed by atoms with Crippen molar-refractivity contribution in [1.29, 1.82) is 0 Å². The second-order valence-electron chi connectivity index (χ2n) is 4.69. The standard InChI is InChI=1S/C16H12N2O7/c1-24-13-7-8-15(14(10-13)18(22)23)25-16(19)9-4-11-2-5-12(6-3-11)17(20)21/h2-10H,1H3. The molecule has 128 valence electrons. The van der Waals surface area contributed by atoms with Crippen LogP contribution in [0.15, 0.2) is 48.5 Å². The average molecular weight is 344 g/mol. The highest BCUT2D eigenvalue weighted by Gasteiger charge is 2.18. The Bertz CT molecular complexity index is 844. The van der Waals surface area contributed by atoms with E-state index in [0.29, 0.717) is 5.56 Å². The molecule has 2 aromatic carbocycles. The van der Waals surface area contributed by atoms with E-state index in [-0.39, 0.29) is 17.2 Å². The highest BCUT2D eigenvalue weighted by atomic mass is 16.6. The van der Waals surface area contributed by atoms with Crippen molar-refractivity contribution < 1.29 is 24.1 Å². The summed E-state index contributed by atoms with van der Waals surface area (Å²) >= 11 is 0. The lowest BCUT2D eigenvalue weighted by molar-refractivity contribution is -0.385. The van der Waals surface area contributed by atoms with Crippen LogP contribution >= 0.6 is 0 Å². The topological polar surface area (TPSA) is 122 Å². The highest BCUT2D eigenvalue weighted by molar-refractivity contribution is 5.89. The third-order valence-corrected chi connectivity index (χ3v) is 3.09. The van der Waals surface area contributed by atoms with E-state index in [4.69, 9.17) is 9.47 Å². The monoisotopic (exact) mass is 344 g/mol. The van der Waals surface area contributed by atoms with Gasteiger partial charge in [-0.1, -0.05) is 0 Å². The Labute approximate surface area is 141 Å². The van der Waals surface area contributed by atoms with Crippen LogP contribution in [0.25, 0.3) is 6.08 Å². The van der Waals surface area contributed by atoms with Gasteiger partial charge in [-0.05, 0) is 35.9 Å². The van der Waals surface area contributed by atoms with Gasteiger partial charge in [-0.2, -0.15) is 0 Å². The van der Waals surface area contributed by atoms with Gasteiger partial charge in [-0.3, -0.25) is 20.2 Å². The van der Waals surface area contributed by atoms with Gasteiger partial charge >= 0.3 is 11.7 Å². The molecule has 0 saturated carbocycles. The van der Waals surface area contributed by atoms with Gasteiger partial charge in [-0.25, -0.2) is 4.79 Å². The van der Waals surface area contributed by atoms with E-state index in [9.17, 15) is 25.0 Å². The van der Waals surface area contributed by atoms with Gasteiger partial charge in [0.05, 0.1) is 23.0 Å². The molecule has 0 bridgehead atoms. The first-order valence-corrected chi connectivity index (χ1v) is 6.87. The Morgan fingerprint density at radius 2 is 1.72 bits per heavy atom. The fourth-order valence-electron chi connectivity index (χ4n) is 1.87. The van der Waals surface area contributed by atoms with Gasteiger partial charge in [0, 0.05) is 18.2 Å². The first kappa shape index (κ1) is 17.6. The zero-order chi connectivity index (χ0) is 18.4. The number of nitro benzene ring substituents is 2. The summed E-state index contributed by atoms with van der Waals surface area (Å²) in [6.45, 7) is 0. The predicted octanol–water partition coefficient (Wildman–Crippen LogP) is 3.13. The van der Waals surface area contributed by atoms with Crippen molar-refractivity contribution >= 4 is 23.4 Å². The van der Waals surface area contributed by atoms with E-state index >= 15 is 0 Å². The zero-order valence-corrected chi connectivity index (χ0v) is 12.9. The van der Waals surface area contributed by atoms with Gasteiger partial charge < -0.3 is 9.47 Å². The molecule has 25 heavy (non-hydrogen) atoms. The number of benzene rings is 2. The van der Waals surface area contributed by atoms with Gasteiger partial charge in [0.15, 0.2) is 0 Å². The molecule has 0 unspecified atom stereocenters. The molecule has 0 fully saturated rings. The molecule has 9 nitrogen and oxygen atoms in total. The number of esters is 1. The fourth-order valence-corrected chi connectivity index (χ4v) is 1.87.